The summed E-state index contributed by atoms with van der Waals surface area (Å²) in [6, 6.07) is 4.61. The van der Waals surface area contributed by atoms with Crippen molar-refractivity contribution >= 4 is 52.4 Å². The van der Waals surface area contributed by atoms with Gasteiger partial charge >= 0.3 is 5.97 Å². The van der Waals surface area contributed by atoms with Gasteiger partial charge in [0.1, 0.15) is 0 Å². The SMILES string of the molecule is O=C(O)C(Cl)C(Cl)c1ccc(Cl)cc1Cl. The Morgan fingerprint density at radius 1 is 1.27 bits per heavy atom. The fourth-order valence-corrected chi connectivity index (χ4v) is 2.02. The first-order valence-electron chi connectivity index (χ1n) is 3.89. The average molecular weight is 288 g/mol. The Balaban J connectivity index is 3.01. The molecule has 2 nitrogen and oxygen atoms in total. The highest BCUT2D eigenvalue weighted by molar-refractivity contribution is 6.39. The van der Waals surface area contributed by atoms with Crippen LogP contribution in [0.2, 0.25) is 10.0 Å². The lowest BCUT2D eigenvalue weighted by atomic mass is 10.1. The summed E-state index contributed by atoms with van der Waals surface area (Å²) in [6.45, 7) is 0. The topological polar surface area (TPSA) is 37.3 Å². The first kappa shape index (κ1) is 12.9. The highest BCUT2D eigenvalue weighted by Crippen LogP contribution is 2.34. The summed E-state index contributed by atoms with van der Waals surface area (Å²) in [4.78, 5) is 10.6. The van der Waals surface area contributed by atoms with Crippen molar-refractivity contribution in [3.05, 3.63) is 33.8 Å². The third-order valence-electron chi connectivity index (χ3n) is 1.75. The second-order valence-corrected chi connectivity index (χ2v) is 4.59. The molecule has 1 aromatic carbocycles. The fourth-order valence-electron chi connectivity index (χ4n) is 1.01. The smallest absolute Gasteiger partial charge is 0.323 e. The van der Waals surface area contributed by atoms with Gasteiger partial charge in [-0.2, -0.15) is 0 Å². The quantitative estimate of drug-likeness (QED) is 0.854. The molecule has 15 heavy (non-hydrogen) atoms. The van der Waals surface area contributed by atoms with E-state index in [1.807, 2.05) is 0 Å². The van der Waals surface area contributed by atoms with Crippen LogP contribution in [0.1, 0.15) is 10.9 Å². The lowest BCUT2D eigenvalue weighted by Crippen LogP contribution is -2.19. The maximum Gasteiger partial charge on any atom is 0.323 e. The number of alkyl halides is 2. The molecule has 0 spiro atoms. The van der Waals surface area contributed by atoms with Gasteiger partial charge in [0.05, 0.1) is 5.38 Å². The van der Waals surface area contributed by atoms with Gasteiger partial charge in [0, 0.05) is 10.0 Å². The van der Waals surface area contributed by atoms with E-state index < -0.39 is 16.7 Å². The van der Waals surface area contributed by atoms with Crippen molar-refractivity contribution < 1.29 is 9.90 Å². The molecule has 1 N–H and O–H groups in total. The number of aliphatic carboxylic acids is 1. The largest absolute Gasteiger partial charge is 0.480 e. The second-order valence-electron chi connectivity index (χ2n) is 2.81. The Kier molecular flexibility index (Phi) is 4.53. The van der Waals surface area contributed by atoms with Crippen molar-refractivity contribution in [3.8, 4) is 0 Å². The zero-order valence-electron chi connectivity index (χ0n) is 7.25. The van der Waals surface area contributed by atoms with Gasteiger partial charge in [0.25, 0.3) is 0 Å². The number of hydrogen-bond acceptors (Lipinski definition) is 1. The molecule has 2 unspecified atom stereocenters. The summed E-state index contributed by atoms with van der Waals surface area (Å²) >= 11 is 23.0. The van der Waals surface area contributed by atoms with E-state index in [2.05, 4.69) is 0 Å². The Labute approximate surface area is 107 Å². The van der Waals surface area contributed by atoms with Crippen LogP contribution in [0.25, 0.3) is 0 Å². The highest BCUT2D eigenvalue weighted by Gasteiger charge is 2.27. The molecule has 0 saturated heterocycles. The van der Waals surface area contributed by atoms with Crippen LogP contribution in [-0.2, 0) is 4.79 Å². The normalized spacial score (nSPS) is 14.7. The number of carbonyl (C=O) groups is 1. The monoisotopic (exact) mass is 286 g/mol. The van der Waals surface area contributed by atoms with Crippen LogP contribution in [0.5, 0.6) is 0 Å². The molecule has 0 aromatic heterocycles. The summed E-state index contributed by atoms with van der Waals surface area (Å²) in [7, 11) is 0. The lowest BCUT2D eigenvalue weighted by Gasteiger charge is -2.14. The van der Waals surface area contributed by atoms with Crippen molar-refractivity contribution in [3.63, 3.8) is 0 Å². The van der Waals surface area contributed by atoms with Crippen LogP contribution in [0.15, 0.2) is 18.2 Å². The van der Waals surface area contributed by atoms with Crippen molar-refractivity contribution in [1.29, 1.82) is 0 Å². The zero-order chi connectivity index (χ0) is 11.6. The van der Waals surface area contributed by atoms with E-state index in [1.54, 1.807) is 12.1 Å². The molecular weight excluding hydrogens is 282 g/mol. The van der Waals surface area contributed by atoms with Crippen molar-refractivity contribution in [1.82, 2.24) is 0 Å². The third kappa shape index (κ3) is 3.15. The van der Waals surface area contributed by atoms with E-state index >= 15 is 0 Å². The Hall–Kier alpha value is -0.150. The van der Waals surface area contributed by atoms with E-state index in [1.165, 1.54) is 6.07 Å². The maximum absolute atomic E-state index is 10.6. The highest BCUT2D eigenvalue weighted by atomic mass is 35.5. The Morgan fingerprint density at radius 2 is 1.87 bits per heavy atom. The Morgan fingerprint density at radius 3 is 2.33 bits per heavy atom. The molecule has 6 heteroatoms. The minimum Gasteiger partial charge on any atom is -0.480 e. The number of hydrogen-bond donors (Lipinski definition) is 1. The molecule has 0 radical (unpaired) electrons. The number of halogens is 4. The van der Waals surface area contributed by atoms with Crippen molar-refractivity contribution in [2.45, 2.75) is 10.8 Å². The molecule has 0 saturated carbocycles. The molecule has 0 aliphatic heterocycles. The molecule has 0 aliphatic carbocycles. The summed E-state index contributed by atoms with van der Waals surface area (Å²) < 4.78 is 0. The molecule has 1 aromatic rings. The van der Waals surface area contributed by atoms with Crippen LogP contribution in [0.4, 0.5) is 0 Å². The molecule has 82 valence electrons. The predicted molar refractivity (Wildman–Crippen MR) is 62.3 cm³/mol. The summed E-state index contributed by atoms with van der Waals surface area (Å²) in [6.07, 6.45) is 0. The van der Waals surface area contributed by atoms with Gasteiger partial charge < -0.3 is 5.11 Å². The van der Waals surface area contributed by atoms with E-state index in [4.69, 9.17) is 51.5 Å². The van der Waals surface area contributed by atoms with Crippen LogP contribution in [-0.4, -0.2) is 16.5 Å². The first-order chi connectivity index (χ1) is 6.93. The molecule has 0 aliphatic rings. The molecule has 1 rings (SSSR count). The zero-order valence-corrected chi connectivity index (χ0v) is 10.3. The maximum atomic E-state index is 10.6. The summed E-state index contributed by atoms with van der Waals surface area (Å²) in [5.74, 6) is -1.19. The van der Waals surface area contributed by atoms with Crippen LogP contribution >= 0.6 is 46.4 Å². The predicted octanol–water partition coefficient (Wildman–Crippen LogP) is 3.97. The lowest BCUT2D eigenvalue weighted by molar-refractivity contribution is -0.136. The molecular formula is C9H6Cl4O2. The number of carboxylic acid groups (broad SMARTS) is 1. The Bertz CT molecular complexity index is 380. The average Bonchev–Trinajstić information content (AvgIpc) is 2.15. The molecule has 0 heterocycles. The minimum atomic E-state index is -1.23. The third-order valence-corrected chi connectivity index (χ3v) is 3.37. The van der Waals surface area contributed by atoms with Gasteiger partial charge in [0.2, 0.25) is 0 Å². The summed E-state index contributed by atoms with van der Waals surface area (Å²) in [5, 5.41) is 7.30. The van der Waals surface area contributed by atoms with E-state index in [0.29, 0.717) is 15.6 Å². The fraction of sp³-hybridized carbons (Fsp3) is 0.222. The van der Waals surface area contributed by atoms with Crippen LogP contribution in [0, 0.1) is 0 Å². The van der Waals surface area contributed by atoms with E-state index in [9.17, 15) is 4.79 Å². The van der Waals surface area contributed by atoms with E-state index in [0.717, 1.165) is 0 Å². The van der Waals surface area contributed by atoms with Crippen LogP contribution < -0.4 is 0 Å². The van der Waals surface area contributed by atoms with Gasteiger partial charge in [-0.3, -0.25) is 4.79 Å². The number of benzene rings is 1. The minimum absolute atomic E-state index is 0.300. The van der Waals surface area contributed by atoms with Gasteiger partial charge in [-0.1, -0.05) is 29.3 Å². The second kappa shape index (κ2) is 5.26. The van der Waals surface area contributed by atoms with Gasteiger partial charge in [-0.05, 0) is 17.7 Å². The van der Waals surface area contributed by atoms with Crippen molar-refractivity contribution in [2.24, 2.45) is 0 Å². The molecule has 2 atom stereocenters. The molecule has 0 amide bonds. The first-order valence-corrected chi connectivity index (χ1v) is 5.52. The van der Waals surface area contributed by atoms with E-state index in [-0.39, 0.29) is 0 Å². The molecule has 0 fully saturated rings. The standard InChI is InChI=1S/C9H6Cl4O2/c10-4-1-2-5(6(11)3-4)7(12)8(13)9(14)15/h1-3,7-8H,(H,14,15). The van der Waals surface area contributed by atoms with Crippen LogP contribution in [0.3, 0.4) is 0 Å². The van der Waals surface area contributed by atoms with Gasteiger partial charge in [-0.15, -0.1) is 23.2 Å². The van der Waals surface area contributed by atoms with Crippen molar-refractivity contribution in [2.75, 3.05) is 0 Å². The number of carboxylic acids is 1. The molecule has 0 bridgehead atoms. The summed E-state index contributed by atoms with van der Waals surface area (Å²) in [5.41, 5.74) is 0.449. The van der Waals surface area contributed by atoms with Gasteiger partial charge in [0.15, 0.2) is 5.38 Å². The van der Waals surface area contributed by atoms with Gasteiger partial charge in [-0.25, -0.2) is 0 Å². The number of rotatable bonds is 3.